The van der Waals surface area contributed by atoms with Crippen LogP contribution in [0.2, 0.25) is 0 Å². The van der Waals surface area contributed by atoms with Crippen LogP contribution >= 0.6 is 11.3 Å². The minimum absolute atomic E-state index is 0.342. The van der Waals surface area contributed by atoms with Gasteiger partial charge >= 0.3 is 0 Å². The van der Waals surface area contributed by atoms with Crippen LogP contribution in [-0.4, -0.2) is 47.7 Å². The first kappa shape index (κ1) is 17.2. The molecule has 3 aromatic rings. The summed E-state index contributed by atoms with van der Waals surface area (Å²) < 4.78 is 5.27. The number of hydrogen-bond acceptors (Lipinski definition) is 6. The molecule has 6 heteroatoms. The fraction of sp³-hybridized carbons (Fsp3) is 0.400. The SMILES string of the molecule is COc1ccc(-c2csc3ncnc(NC(C)CN4CCCC4)c23)cc1. The minimum Gasteiger partial charge on any atom is -0.497 e. The molecule has 1 N–H and O–H groups in total. The van der Waals surface area contributed by atoms with Crippen LogP contribution in [0.15, 0.2) is 36.0 Å². The molecule has 0 radical (unpaired) electrons. The van der Waals surface area contributed by atoms with Gasteiger partial charge in [0.1, 0.15) is 22.7 Å². The van der Waals surface area contributed by atoms with Gasteiger partial charge in [0, 0.05) is 23.5 Å². The van der Waals surface area contributed by atoms with Gasteiger partial charge in [0.2, 0.25) is 0 Å². The summed E-state index contributed by atoms with van der Waals surface area (Å²) in [6.07, 6.45) is 4.29. The molecule has 1 saturated heterocycles. The van der Waals surface area contributed by atoms with Crippen molar-refractivity contribution in [2.24, 2.45) is 0 Å². The summed E-state index contributed by atoms with van der Waals surface area (Å²) in [5, 5.41) is 6.89. The second-order valence-electron chi connectivity index (χ2n) is 6.83. The number of ether oxygens (including phenoxy) is 1. The standard InChI is InChI=1S/C20H24N4OS/c1-14(11-24-9-3-4-10-24)23-19-18-17(12-26-20(18)22-13-21-19)15-5-7-16(25-2)8-6-15/h5-8,12-14H,3-4,9-11H2,1-2H3,(H,21,22,23). The van der Waals surface area contributed by atoms with Gasteiger partial charge in [0.25, 0.3) is 0 Å². The molecule has 2 aromatic heterocycles. The number of rotatable bonds is 6. The van der Waals surface area contributed by atoms with Gasteiger partial charge in [-0.2, -0.15) is 0 Å². The second-order valence-corrected chi connectivity index (χ2v) is 7.69. The molecule has 26 heavy (non-hydrogen) atoms. The summed E-state index contributed by atoms with van der Waals surface area (Å²) in [5.41, 5.74) is 2.33. The van der Waals surface area contributed by atoms with Crippen LogP contribution in [0.1, 0.15) is 19.8 Å². The molecule has 3 heterocycles. The van der Waals surface area contributed by atoms with Crippen molar-refractivity contribution in [3.8, 4) is 16.9 Å². The molecule has 1 fully saturated rings. The molecular weight excluding hydrogens is 344 g/mol. The van der Waals surface area contributed by atoms with E-state index in [2.05, 4.69) is 44.6 Å². The molecule has 5 nitrogen and oxygen atoms in total. The van der Waals surface area contributed by atoms with E-state index >= 15 is 0 Å². The lowest BCUT2D eigenvalue weighted by atomic mass is 10.1. The second kappa shape index (κ2) is 7.60. The van der Waals surface area contributed by atoms with Crippen LogP contribution in [0.3, 0.4) is 0 Å². The van der Waals surface area contributed by atoms with Crippen molar-refractivity contribution in [1.82, 2.24) is 14.9 Å². The number of hydrogen-bond donors (Lipinski definition) is 1. The largest absolute Gasteiger partial charge is 0.497 e. The van der Waals surface area contributed by atoms with Crippen molar-refractivity contribution in [3.05, 3.63) is 36.0 Å². The average molecular weight is 369 g/mol. The predicted octanol–water partition coefficient (Wildman–Crippen LogP) is 4.26. The molecule has 0 saturated carbocycles. The third kappa shape index (κ3) is 3.52. The van der Waals surface area contributed by atoms with Gasteiger partial charge < -0.3 is 15.0 Å². The van der Waals surface area contributed by atoms with E-state index in [0.717, 1.165) is 33.9 Å². The Hall–Kier alpha value is -2.18. The third-order valence-corrected chi connectivity index (χ3v) is 5.77. The maximum atomic E-state index is 5.27. The zero-order valence-electron chi connectivity index (χ0n) is 15.2. The quantitative estimate of drug-likeness (QED) is 0.704. The number of anilines is 1. The first-order chi connectivity index (χ1) is 12.7. The average Bonchev–Trinajstić information content (AvgIpc) is 3.32. The Morgan fingerprint density at radius 2 is 1.96 bits per heavy atom. The first-order valence-electron chi connectivity index (χ1n) is 9.10. The Bertz CT molecular complexity index is 871. The molecule has 0 aliphatic carbocycles. The van der Waals surface area contributed by atoms with Crippen LogP contribution in [0.5, 0.6) is 5.75 Å². The number of nitrogens with one attached hydrogen (secondary N) is 1. The van der Waals surface area contributed by atoms with E-state index in [1.165, 1.54) is 31.5 Å². The van der Waals surface area contributed by atoms with E-state index in [1.807, 2.05) is 12.1 Å². The Labute approximate surface area is 158 Å². The number of thiophene rings is 1. The van der Waals surface area contributed by atoms with Crippen molar-refractivity contribution in [1.29, 1.82) is 0 Å². The predicted molar refractivity (Wildman–Crippen MR) is 108 cm³/mol. The van der Waals surface area contributed by atoms with Gasteiger partial charge in [0.15, 0.2) is 0 Å². The summed E-state index contributed by atoms with van der Waals surface area (Å²) in [7, 11) is 1.69. The van der Waals surface area contributed by atoms with Crippen LogP contribution in [0, 0.1) is 0 Å². The molecule has 0 bridgehead atoms. The fourth-order valence-corrected chi connectivity index (χ4v) is 4.52. The van der Waals surface area contributed by atoms with E-state index in [9.17, 15) is 0 Å². The number of benzene rings is 1. The zero-order chi connectivity index (χ0) is 17.9. The first-order valence-corrected chi connectivity index (χ1v) is 9.98. The summed E-state index contributed by atoms with van der Waals surface area (Å²) in [6.45, 7) is 5.70. The normalized spacial score (nSPS) is 16.1. The summed E-state index contributed by atoms with van der Waals surface area (Å²) in [5.74, 6) is 1.79. The fourth-order valence-electron chi connectivity index (χ4n) is 3.60. The van der Waals surface area contributed by atoms with Crippen molar-refractivity contribution in [2.45, 2.75) is 25.8 Å². The van der Waals surface area contributed by atoms with E-state index < -0.39 is 0 Å². The lowest BCUT2D eigenvalue weighted by Gasteiger charge is -2.22. The topological polar surface area (TPSA) is 50.3 Å². The Balaban J connectivity index is 1.63. The number of likely N-dealkylation sites (tertiary alicyclic amines) is 1. The van der Waals surface area contributed by atoms with E-state index in [-0.39, 0.29) is 0 Å². The monoisotopic (exact) mass is 368 g/mol. The van der Waals surface area contributed by atoms with Crippen LogP contribution < -0.4 is 10.1 Å². The van der Waals surface area contributed by atoms with Crippen LogP contribution in [0.4, 0.5) is 5.82 Å². The third-order valence-electron chi connectivity index (χ3n) is 4.89. The highest BCUT2D eigenvalue weighted by molar-refractivity contribution is 7.17. The molecular formula is C20H24N4OS. The van der Waals surface area contributed by atoms with Crippen LogP contribution in [-0.2, 0) is 0 Å². The van der Waals surface area contributed by atoms with E-state index in [0.29, 0.717) is 6.04 Å². The van der Waals surface area contributed by atoms with Crippen molar-refractivity contribution < 1.29 is 4.74 Å². The van der Waals surface area contributed by atoms with Gasteiger partial charge in [0.05, 0.1) is 12.5 Å². The lowest BCUT2D eigenvalue weighted by Crippen LogP contribution is -2.33. The summed E-state index contributed by atoms with van der Waals surface area (Å²) in [4.78, 5) is 12.6. The van der Waals surface area contributed by atoms with Gasteiger partial charge in [-0.05, 0) is 50.6 Å². The molecule has 1 aliphatic rings. The van der Waals surface area contributed by atoms with Crippen molar-refractivity contribution in [2.75, 3.05) is 32.1 Å². The number of fused-ring (bicyclic) bond motifs is 1. The Morgan fingerprint density at radius 1 is 1.19 bits per heavy atom. The maximum Gasteiger partial charge on any atom is 0.139 e. The minimum atomic E-state index is 0.342. The molecule has 0 spiro atoms. The number of nitrogens with zero attached hydrogens (tertiary/aromatic N) is 3. The Kier molecular flexibility index (Phi) is 5.04. The molecule has 136 valence electrons. The molecule has 1 atom stereocenters. The van der Waals surface area contributed by atoms with E-state index in [1.54, 1.807) is 24.8 Å². The van der Waals surface area contributed by atoms with Gasteiger partial charge in [-0.15, -0.1) is 11.3 Å². The maximum absolute atomic E-state index is 5.27. The Morgan fingerprint density at radius 3 is 2.69 bits per heavy atom. The van der Waals surface area contributed by atoms with Gasteiger partial charge in [-0.25, -0.2) is 9.97 Å². The smallest absolute Gasteiger partial charge is 0.139 e. The summed E-state index contributed by atoms with van der Waals surface area (Å²) >= 11 is 1.66. The highest BCUT2D eigenvalue weighted by Crippen LogP contribution is 2.37. The summed E-state index contributed by atoms with van der Waals surface area (Å²) in [6, 6.07) is 8.50. The molecule has 1 aliphatic heterocycles. The van der Waals surface area contributed by atoms with E-state index in [4.69, 9.17) is 4.74 Å². The van der Waals surface area contributed by atoms with Crippen molar-refractivity contribution >= 4 is 27.4 Å². The number of methoxy groups -OCH3 is 1. The van der Waals surface area contributed by atoms with Gasteiger partial charge in [-0.3, -0.25) is 0 Å². The molecule has 0 amide bonds. The molecule has 4 rings (SSSR count). The lowest BCUT2D eigenvalue weighted by molar-refractivity contribution is 0.327. The van der Waals surface area contributed by atoms with Gasteiger partial charge in [-0.1, -0.05) is 12.1 Å². The van der Waals surface area contributed by atoms with Crippen molar-refractivity contribution in [3.63, 3.8) is 0 Å². The highest BCUT2D eigenvalue weighted by atomic mass is 32.1. The highest BCUT2D eigenvalue weighted by Gasteiger charge is 2.18. The zero-order valence-corrected chi connectivity index (χ0v) is 16.1. The van der Waals surface area contributed by atoms with Crippen LogP contribution in [0.25, 0.3) is 21.3 Å². The molecule has 1 unspecified atom stereocenters. The molecule has 1 aromatic carbocycles. The number of aromatic nitrogens is 2.